The Morgan fingerprint density at radius 2 is 1.96 bits per heavy atom. The van der Waals surface area contributed by atoms with Crippen LogP contribution in [-0.4, -0.2) is 15.6 Å². The van der Waals surface area contributed by atoms with E-state index in [0.29, 0.717) is 29.6 Å². The first-order valence-electron chi connectivity index (χ1n) is 9.54. The lowest BCUT2D eigenvalue weighted by atomic mass is 10.0. The number of furan rings is 1. The van der Waals surface area contributed by atoms with Crippen LogP contribution in [0.15, 0.2) is 53.1 Å². The third-order valence-corrected chi connectivity index (χ3v) is 4.68. The summed E-state index contributed by atoms with van der Waals surface area (Å²) < 4.78 is 13.3. The standard InChI is InChI=1S/C23H26N2O3/c1-5-25-17(4)22(14-24-25)23(26)13-12-20-10-11-21(28-20)15-27-19-8-6-18(7-9-19)16(2)3/h6-14,16H,5,15H2,1-4H3/b13-12+. The zero-order valence-corrected chi connectivity index (χ0v) is 16.8. The van der Waals surface area contributed by atoms with Gasteiger partial charge in [-0.3, -0.25) is 9.48 Å². The van der Waals surface area contributed by atoms with Gasteiger partial charge in [0, 0.05) is 12.2 Å². The molecule has 5 heteroatoms. The van der Waals surface area contributed by atoms with Crippen molar-refractivity contribution in [2.75, 3.05) is 0 Å². The summed E-state index contributed by atoms with van der Waals surface area (Å²) in [4.78, 5) is 12.4. The van der Waals surface area contributed by atoms with Crippen molar-refractivity contribution in [3.05, 3.63) is 77.0 Å². The second-order valence-electron chi connectivity index (χ2n) is 6.97. The van der Waals surface area contributed by atoms with Crippen molar-refractivity contribution >= 4 is 11.9 Å². The van der Waals surface area contributed by atoms with E-state index in [9.17, 15) is 4.79 Å². The topological polar surface area (TPSA) is 57.3 Å². The minimum Gasteiger partial charge on any atom is -0.486 e. The van der Waals surface area contributed by atoms with Gasteiger partial charge in [-0.05, 0) is 61.7 Å². The molecule has 0 fully saturated rings. The van der Waals surface area contributed by atoms with Crippen molar-refractivity contribution in [3.63, 3.8) is 0 Å². The van der Waals surface area contributed by atoms with Gasteiger partial charge in [0.05, 0.1) is 11.8 Å². The van der Waals surface area contributed by atoms with Crippen LogP contribution in [0.5, 0.6) is 5.75 Å². The molecule has 2 heterocycles. The first kappa shape index (κ1) is 19.7. The predicted molar refractivity (Wildman–Crippen MR) is 110 cm³/mol. The number of aryl methyl sites for hydroxylation is 1. The number of aromatic nitrogens is 2. The fourth-order valence-electron chi connectivity index (χ4n) is 2.92. The summed E-state index contributed by atoms with van der Waals surface area (Å²) in [6, 6.07) is 11.8. The largest absolute Gasteiger partial charge is 0.486 e. The first-order valence-corrected chi connectivity index (χ1v) is 9.54. The van der Waals surface area contributed by atoms with Crippen LogP contribution >= 0.6 is 0 Å². The van der Waals surface area contributed by atoms with E-state index >= 15 is 0 Å². The number of rotatable bonds is 8. The molecule has 1 aromatic carbocycles. The SMILES string of the molecule is CCn1ncc(C(=O)/C=C/c2ccc(COc3ccc(C(C)C)cc3)o2)c1C. The zero-order chi connectivity index (χ0) is 20.1. The summed E-state index contributed by atoms with van der Waals surface area (Å²) in [5.74, 6) is 2.53. The van der Waals surface area contributed by atoms with E-state index < -0.39 is 0 Å². The van der Waals surface area contributed by atoms with Gasteiger partial charge in [-0.15, -0.1) is 0 Å². The number of carbonyl (C=O) groups excluding carboxylic acids is 1. The number of benzene rings is 1. The van der Waals surface area contributed by atoms with Crippen LogP contribution in [-0.2, 0) is 13.2 Å². The second-order valence-corrected chi connectivity index (χ2v) is 6.97. The second kappa shape index (κ2) is 8.74. The van der Waals surface area contributed by atoms with Gasteiger partial charge in [0.25, 0.3) is 0 Å². The Kier molecular flexibility index (Phi) is 6.14. The molecule has 28 heavy (non-hydrogen) atoms. The number of ketones is 1. The monoisotopic (exact) mass is 378 g/mol. The predicted octanol–water partition coefficient (Wildman–Crippen LogP) is 5.40. The minimum atomic E-state index is -0.0864. The van der Waals surface area contributed by atoms with Crippen LogP contribution in [0, 0.1) is 6.92 Å². The fraction of sp³-hybridized carbons (Fsp3) is 0.304. The lowest BCUT2D eigenvalue weighted by Crippen LogP contribution is -2.01. The normalized spacial score (nSPS) is 11.5. The van der Waals surface area contributed by atoms with Gasteiger partial charge < -0.3 is 9.15 Å². The lowest BCUT2D eigenvalue weighted by Gasteiger charge is -2.07. The molecule has 146 valence electrons. The average Bonchev–Trinajstić information content (AvgIpc) is 3.31. The Morgan fingerprint density at radius 1 is 1.21 bits per heavy atom. The number of carbonyl (C=O) groups is 1. The Balaban J connectivity index is 1.58. The molecule has 0 aliphatic heterocycles. The van der Waals surface area contributed by atoms with E-state index in [2.05, 4.69) is 31.1 Å². The highest BCUT2D eigenvalue weighted by Crippen LogP contribution is 2.20. The fourth-order valence-corrected chi connectivity index (χ4v) is 2.92. The van der Waals surface area contributed by atoms with Crippen molar-refractivity contribution in [2.24, 2.45) is 0 Å². The quantitative estimate of drug-likeness (QED) is 0.389. The van der Waals surface area contributed by atoms with Crippen LogP contribution < -0.4 is 4.74 Å². The van der Waals surface area contributed by atoms with Crippen molar-refractivity contribution in [3.8, 4) is 5.75 Å². The van der Waals surface area contributed by atoms with Crippen molar-refractivity contribution in [2.45, 2.75) is 46.8 Å². The highest BCUT2D eigenvalue weighted by molar-refractivity contribution is 6.07. The third-order valence-electron chi connectivity index (χ3n) is 4.68. The molecule has 0 saturated heterocycles. The van der Waals surface area contributed by atoms with Gasteiger partial charge in [-0.25, -0.2) is 0 Å². The van der Waals surface area contributed by atoms with Crippen LogP contribution in [0.2, 0.25) is 0 Å². The minimum absolute atomic E-state index is 0.0864. The van der Waals surface area contributed by atoms with Gasteiger partial charge in [0.15, 0.2) is 5.78 Å². The van der Waals surface area contributed by atoms with E-state index in [0.717, 1.165) is 18.0 Å². The maximum absolute atomic E-state index is 12.4. The van der Waals surface area contributed by atoms with Crippen molar-refractivity contribution in [1.82, 2.24) is 9.78 Å². The molecule has 0 unspecified atom stereocenters. The lowest BCUT2D eigenvalue weighted by molar-refractivity contribution is 0.104. The van der Waals surface area contributed by atoms with E-state index in [1.165, 1.54) is 11.6 Å². The summed E-state index contributed by atoms with van der Waals surface area (Å²) in [6.45, 7) is 9.30. The van der Waals surface area contributed by atoms with Gasteiger partial charge in [-0.1, -0.05) is 26.0 Å². The molecule has 0 aliphatic rings. The smallest absolute Gasteiger partial charge is 0.189 e. The first-order chi connectivity index (χ1) is 13.5. The molecule has 0 aliphatic carbocycles. The molecule has 0 amide bonds. The molecule has 0 radical (unpaired) electrons. The number of nitrogens with zero attached hydrogens (tertiary/aromatic N) is 2. The summed E-state index contributed by atoms with van der Waals surface area (Å²) in [5, 5.41) is 4.20. The van der Waals surface area contributed by atoms with Crippen LogP contribution in [0.1, 0.15) is 59.8 Å². The molecule has 3 rings (SSSR count). The van der Waals surface area contributed by atoms with Gasteiger partial charge in [0.1, 0.15) is 23.9 Å². The van der Waals surface area contributed by atoms with Gasteiger partial charge >= 0.3 is 0 Å². The molecule has 0 saturated carbocycles. The molecule has 0 atom stereocenters. The number of ether oxygens (including phenoxy) is 1. The van der Waals surface area contributed by atoms with Crippen LogP contribution in [0.4, 0.5) is 0 Å². The van der Waals surface area contributed by atoms with Gasteiger partial charge in [0.2, 0.25) is 0 Å². The molecule has 0 bridgehead atoms. The Labute approximate surface area is 165 Å². The molecule has 0 N–H and O–H groups in total. The van der Waals surface area contributed by atoms with E-state index in [4.69, 9.17) is 9.15 Å². The third kappa shape index (κ3) is 4.60. The van der Waals surface area contributed by atoms with E-state index in [-0.39, 0.29) is 5.78 Å². The van der Waals surface area contributed by atoms with E-state index in [1.54, 1.807) is 17.0 Å². The Bertz CT molecular complexity index is 962. The van der Waals surface area contributed by atoms with Crippen molar-refractivity contribution in [1.29, 1.82) is 0 Å². The molecular weight excluding hydrogens is 352 g/mol. The van der Waals surface area contributed by atoms with Gasteiger partial charge in [-0.2, -0.15) is 5.10 Å². The highest BCUT2D eigenvalue weighted by atomic mass is 16.5. The summed E-state index contributed by atoms with van der Waals surface area (Å²) in [6.07, 6.45) is 4.79. The molecular formula is C23H26N2O3. The molecule has 5 nitrogen and oxygen atoms in total. The number of allylic oxidation sites excluding steroid dienone is 1. The number of hydrogen-bond donors (Lipinski definition) is 0. The average molecular weight is 378 g/mol. The number of hydrogen-bond acceptors (Lipinski definition) is 4. The Hall–Kier alpha value is -3.08. The maximum Gasteiger partial charge on any atom is 0.189 e. The summed E-state index contributed by atoms with van der Waals surface area (Å²) >= 11 is 0. The van der Waals surface area contributed by atoms with E-state index in [1.807, 2.05) is 38.1 Å². The Morgan fingerprint density at radius 3 is 2.61 bits per heavy atom. The van der Waals surface area contributed by atoms with Crippen LogP contribution in [0.3, 0.4) is 0 Å². The summed E-state index contributed by atoms with van der Waals surface area (Å²) in [5.41, 5.74) is 2.76. The molecule has 0 spiro atoms. The van der Waals surface area contributed by atoms with Crippen LogP contribution in [0.25, 0.3) is 6.08 Å². The highest BCUT2D eigenvalue weighted by Gasteiger charge is 2.11. The molecule has 3 aromatic rings. The maximum atomic E-state index is 12.4. The van der Waals surface area contributed by atoms with Crippen molar-refractivity contribution < 1.29 is 13.9 Å². The zero-order valence-electron chi connectivity index (χ0n) is 16.8. The molecule has 2 aromatic heterocycles. The summed E-state index contributed by atoms with van der Waals surface area (Å²) in [7, 11) is 0.